The fraction of sp³-hybridized carbons (Fsp3) is 0.500. The summed E-state index contributed by atoms with van der Waals surface area (Å²) in [6.07, 6.45) is 1.59. The molecule has 1 aliphatic carbocycles. The Kier molecular flexibility index (Phi) is 6.02. The maximum atomic E-state index is 12.5. The van der Waals surface area contributed by atoms with Gasteiger partial charge in [0.2, 0.25) is 15.9 Å². The van der Waals surface area contributed by atoms with E-state index in [1.807, 2.05) is 0 Å². The largest absolute Gasteiger partial charge is 0.495 e. The topological polar surface area (TPSA) is 114 Å². The fourth-order valence-corrected chi connectivity index (χ4v) is 3.68. The first-order chi connectivity index (χ1) is 11.8. The van der Waals surface area contributed by atoms with Crippen molar-refractivity contribution in [3.05, 3.63) is 23.8 Å². The quantitative estimate of drug-likeness (QED) is 0.613. The number of nitrogens with one attached hydrogen (secondary N) is 3. The normalized spacial score (nSPS) is 15.3. The van der Waals surface area contributed by atoms with Gasteiger partial charge < -0.3 is 15.4 Å². The molecule has 1 aromatic rings. The van der Waals surface area contributed by atoms with Crippen LogP contribution in [0.3, 0.4) is 0 Å². The monoisotopic (exact) mass is 369 g/mol. The van der Waals surface area contributed by atoms with E-state index >= 15 is 0 Å². The van der Waals surface area contributed by atoms with Crippen molar-refractivity contribution in [1.29, 1.82) is 0 Å². The molecule has 0 radical (unpaired) electrons. The maximum Gasteiger partial charge on any atom is 0.251 e. The molecule has 1 atom stereocenters. The van der Waals surface area contributed by atoms with Gasteiger partial charge in [-0.25, -0.2) is 13.1 Å². The highest BCUT2D eigenvalue weighted by atomic mass is 32.2. The first-order valence-electron chi connectivity index (χ1n) is 8.07. The molecule has 1 aromatic carbocycles. The van der Waals surface area contributed by atoms with Gasteiger partial charge in [-0.1, -0.05) is 0 Å². The maximum absolute atomic E-state index is 12.5. The first-order valence-corrected chi connectivity index (χ1v) is 9.55. The van der Waals surface area contributed by atoms with E-state index < -0.39 is 22.0 Å². The van der Waals surface area contributed by atoms with Gasteiger partial charge in [-0.05, 0) is 44.9 Å². The summed E-state index contributed by atoms with van der Waals surface area (Å²) in [5.74, 6) is -0.696. The number of carbonyl (C=O) groups is 2. The van der Waals surface area contributed by atoms with Crippen molar-refractivity contribution in [2.45, 2.75) is 43.7 Å². The smallest absolute Gasteiger partial charge is 0.251 e. The molecule has 9 heteroatoms. The zero-order valence-electron chi connectivity index (χ0n) is 14.5. The van der Waals surface area contributed by atoms with Crippen molar-refractivity contribution in [2.75, 3.05) is 13.7 Å². The fourth-order valence-electron chi connectivity index (χ4n) is 2.18. The van der Waals surface area contributed by atoms with Crippen LogP contribution in [-0.2, 0) is 14.8 Å². The summed E-state index contributed by atoms with van der Waals surface area (Å²) < 4.78 is 32.6. The second-order valence-electron chi connectivity index (χ2n) is 5.85. The highest BCUT2D eigenvalue weighted by Crippen LogP contribution is 2.28. The number of amides is 2. The molecule has 0 aromatic heterocycles. The summed E-state index contributed by atoms with van der Waals surface area (Å²) in [6.45, 7) is 3.79. The van der Waals surface area contributed by atoms with E-state index in [0.717, 1.165) is 12.8 Å². The van der Waals surface area contributed by atoms with Crippen LogP contribution in [0.2, 0.25) is 0 Å². The molecule has 25 heavy (non-hydrogen) atoms. The van der Waals surface area contributed by atoms with Gasteiger partial charge >= 0.3 is 0 Å². The van der Waals surface area contributed by atoms with Gasteiger partial charge in [0, 0.05) is 18.2 Å². The Morgan fingerprint density at radius 1 is 1.32 bits per heavy atom. The number of sulfonamides is 1. The zero-order chi connectivity index (χ0) is 18.6. The van der Waals surface area contributed by atoms with E-state index in [0.29, 0.717) is 6.54 Å². The molecule has 1 unspecified atom stereocenters. The zero-order valence-corrected chi connectivity index (χ0v) is 15.3. The van der Waals surface area contributed by atoms with Crippen LogP contribution >= 0.6 is 0 Å². The number of hydrogen-bond acceptors (Lipinski definition) is 5. The molecule has 2 amide bonds. The van der Waals surface area contributed by atoms with Crippen LogP contribution in [0.5, 0.6) is 5.75 Å². The predicted molar refractivity (Wildman–Crippen MR) is 91.9 cm³/mol. The van der Waals surface area contributed by atoms with E-state index in [1.165, 1.54) is 25.3 Å². The Balaban J connectivity index is 2.22. The molecule has 8 nitrogen and oxygen atoms in total. The molecule has 0 aliphatic heterocycles. The van der Waals surface area contributed by atoms with E-state index in [9.17, 15) is 18.0 Å². The van der Waals surface area contributed by atoms with Crippen LogP contribution in [-0.4, -0.2) is 46.0 Å². The summed E-state index contributed by atoms with van der Waals surface area (Å²) in [5, 5.41) is 5.15. The Bertz CT molecular complexity index is 759. The molecule has 1 saturated carbocycles. The minimum Gasteiger partial charge on any atom is -0.495 e. The van der Waals surface area contributed by atoms with Gasteiger partial charge in [-0.15, -0.1) is 0 Å². The van der Waals surface area contributed by atoms with Crippen molar-refractivity contribution in [2.24, 2.45) is 0 Å². The van der Waals surface area contributed by atoms with Crippen LogP contribution in [0.25, 0.3) is 0 Å². The van der Waals surface area contributed by atoms with E-state index in [1.54, 1.807) is 13.8 Å². The third-order valence-electron chi connectivity index (χ3n) is 3.71. The Morgan fingerprint density at radius 2 is 2.00 bits per heavy atom. The molecule has 2 rings (SSSR count). The van der Waals surface area contributed by atoms with Crippen molar-refractivity contribution >= 4 is 21.8 Å². The number of methoxy groups -OCH3 is 1. The second kappa shape index (κ2) is 7.83. The standard InChI is InChI=1S/C16H23N3O5S/c1-4-17-15(20)10(2)18-16(21)11-5-8-13(24-3)14(9-11)25(22,23)19-12-6-7-12/h5,8-10,12,19H,4,6-7H2,1-3H3,(H,17,20)(H,18,21). The van der Waals surface area contributed by atoms with E-state index in [4.69, 9.17) is 4.74 Å². The lowest BCUT2D eigenvalue weighted by atomic mass is 10.2. The second-order valence-corrected chi connectivity index (χ2v) is 7.53. The van der Waals surface area contributed by atoms with Crippen LogP contribution in [0.1, 0.15) is 37.0 Å². The van der Waals surface area contributed by atoms with Gasteiger partial charge in [0.25, 0.3) is 5.91 Å². The summed E-state index contributed by atoms with van der Waals surface area (Å²) in [6, 6.07) is 3.33. The van der Waals surface area contributed by atoms with Crippen LogP contribution in [0.4, 0.5) is 0 Å². The summed E-state index contributed by atoms with van der Waals surface area (Å²) in [4.78, 5) is 23.9. The summed E-state index contributed by atoms with van der Waals surface area (Å²) in [7, 11) is -2.42. The van der Waals surface area contributed by atoms with Gasteiger partial charge in [0.05, 0.1) is 7.11 Å². The minimum absolute atomic E-state index is 0.0649. The van der Waals surface area contributed by atoms with E-state index in [-0.39, 0.29) is 28.2 Å². The SMILES string of the molecule is CCNC(=O)C(C)NC(=O)c1ccc(OC)c(S(=O)(=O)NC2CC2)c1. The minimum atomic E-state index is -3.78. The number of carbonyl (C=O) groups excluding carboxylic acids is 2. The Hall–Kier alpha value is -2.13. The van der Waals surface area contributed by atoms with Gasteiger partial charge in [-0.2, -0.15) is 0 Å². The number of hydrogen-bond donors (Lipinski definition) is 3. The summed E-state index contributed by atoms with van der Waals surface area (Å²) >= 11 is 0. The first kappa shape index (κ1) is 19.2. The van der Waals surface area contributed by atoms with Crippen molar-refractivity contribution < 1.29 is 22.7 Å². The Morgan fingerprint density at radius 3 is 2.56 bits per heavy atom. The lowest BCUT2D eigenvalue weighted by Gasteiger charge is -2.15. The lowest BCUT2D eigenvalue weighted by Crippen LogP contribution is -2.44. The van der Waals surface area contributed by atoms with E-state index in [2.05, 4.69) is 15.4 Å². The number of benzene rings is 1. The average molecular weight is 369 g/mol. The molecular weight excluding hydrogens is 346 g/mol. The molecule has 138 valence electrons. The van der Waals surface area contributed by atoms with Crippen molar-refractivity contribution in [3.8, 4) is 5.75 Å². The van der Waals surface area contributed by atoms with Crippen molar-refractivity contribution in [3.63, 3.8) is 0 Å². The van der Waals surface area contributed by atoms with Gasteiger partial charge in [-0.3, -0.25) is 9.59 Å². The van der Waals surface area contributed by atoms with Crippen LogP contribution < -0.4 is 20.1 Å². The molecule has 0 saturated heterocycles. The highest BCUT2D eigenvalue weighted by molar-refractivity contribution is 7.89. The third kappa shape index (κ3) is 4.93. The Labute approximate surface area is 147 Å². The van der Waals surface area contributed by atoms with Crippen molar-refractivity contribution in [1.82, 2.24) is 15.4 Å². The third-order valence-corrected chi connectivity index (χ3v) is 5.25. The lowest BCUT2D eigenvalue weighted by molar-refractivity contribution is -0.122. The summed E-state index contributed by atoms with van der Waals surface area (Å²) in [5.41, 5.74) is 0.133. The predicted octanol–water partition coefficient (Wildman–Crippen LogP) is 0.390. The van der Waals surface area contributed by atoms with Crippen LogP contribution in [0.15, 0.2) is 23.1 Å². The number of likely N-dealkylation sites (N-methyl/N-ethyl adjacent to an activating group) is 1. The molecule has 1 aliphatic rings. The molecule has 0 heterocycles. The molecule has 3 N–H and O–H groups in total. The van der Waals surface area contributed by atoms with Gasteiger partial charge in [0.15, 0.2) is 0 Å². The molecule has 0 spiro atoms. The molecular formula is C16H23N3O5S. The number of ether oxygens (including phenoxy) is 1. The molecule has 0 bridgehead atoms. The average Bonchev–Trinajstić information content (AvgIpc) is 3.37. The highest BCUT2D eigenvalue weighted by Gasteiger charge is 2.30. The number of rotatable bonds is 8. The molecule has 1 fully saturated rings. The van der Waals surface area contributed by atoms with Crippen LogP contribution in [0, 0.1) is 0 Å². The van der Waals surface area contributed by atoms with Gasteiger partial charge in [0.1, 0.15) is 16.7 Å².